The van der Waals surface area contributed by atoms with Crippen LogP contribution >= 0.6 is 15.9 Å². The van der Waals surface area contributed by atoms with Crippen molar-refractivity contribution >= 4 is 27.3 Å². The summed E-state index contributed by atoms with van der Waals surface area (Å²) in [6.45, 7) is 0.414. The third-order valence-corrected chi connectivity index (χ3v) is 3.03. The van der Waals surface area contributed by atoms with Gasteiger partial charge in [-0.3, -0.25) is 25.1 Å². The Balaban J connectivity index is 2.33. The van der Waals surface area contributed by atoms with E-state index in [9.17, 15) is 10.1 Å². The van der Waals surface area contributed by atoms with Crippen molar-refractivity contribution in [1.82, 2.24) is 15.0 Å². The normalized spacial score (nSPS) is 10.2. The minimum absolute atomic E-state index is 0.0548. The molecule has 0 bridgehead atoms. The molecule has 98 valence electrons. The highest BCUT2D eigenvalue weighted by Gasteiger charge is 2.21. The molecule has 0 N–H and O–H groups in total. The Morgan fingerprint density at radius 1 is 1.32 bits per heavy atom. The summed E-state index contributed by atoms with van der Waals surface area (Å²) in [5, 5.41) is 11.0. The predicted molar refractivity (Wildman–Crippen MR) is 72.7 cm³/mol. The number of nitrogens with zero attached hydrogens (tertiary/aromatic N) is 5. The molecule has 0 aromatic carbocycles. The van der Waals surface area contributed by atoms with E-state index in [1.54, 1.807) is 30.5 Å². The molecule has 0 saturated carbocycles. The minimum atomic E-state index is -0.458. The van der Waals surface area contributed by atoms with Crippen molar-refractivity contribution in [3.05, 3.63) is 51.3 Å². The van der Waals surface area contributed by atoms with Crippen LogP contribution in [0.1, 0.15) is 5.69 Å². The van der Waals surface area contributed by atoms with Gasteiger partial charge in [0.2, 0.25) is 0 Å². The van der Waals surface area contributed by atoms with Gasteiger partial charge in [-0.2, -0.15) is 0 Å². The van der Waals surface area contributed by atoms with Crippen LogP contribution in [0.15, 0.2) is 35.5 Å². The van der Waals surface area contributed by atoms with E-state index >= 15 is 0 Å². The standard InChI is InChI=1S/C11H10BrN5O2/c1-16(7-8-4-13-2-3-15-8)11-9(12)5-14-6-10(11)17(18)19/h2-6H,7H2,1H3. The summed E-state index contributed by atoms with van der Waals surface area (Å²) in [5.41, 5.74) is 1.13. The molecule has 0 saturated heterocycles. The Morgan fingerprint density at radius 3 is 2.74 bits per heavy atom. The van der Waals surface area contributed by atoms with Crippen molar-refractivity contribution in [1.29, 1.82) is 0 Å². The zero-order chi connectivity index (χ0) is 13.8. The minimum Gasteiger partial charge on any atom is -0.362 e. The number of halogens is 1. The molecule has 7 nitrogen and oxygen atoms in total. The fourth-order valence-corrected chi connectivity index (χ4v) is 2.29. The molecule has 2 aromatic heterocycles. The molecule has 0 amide bonds. The van der Waals surface area contributed by atoms with Crippen LogP contribution in [-0.4, -0.2) is 26.9 Å². The van der Waals surface area contributed by atoms with Gasteiger partial charge in [0.1, 0.15) is 11.9 Å². The van der Waals surface area contributed by atoms with Crippen LogP contribution in [0.25, 0.3) is 0 Å². The van der Waals surface area contributed by atoms with Gasteiger partial charge in [-0.15, -0.1) is 0 Å². The highest BCUT2D eigenvalue weighted by atomic mass is 79.9. The molecule has 0 atom stereocenters. The molecule has 0 aliphatic heterocycles. The zero-order valence-electron chi connectivity index (χ0n) is 10.0. The van der Waals surface area contributed by atoms with Crippen LogP contribution in [0, 0.1) is 10.1 Å². The Labute approximate surface area is 117 Å². The quantitative estimate of drug-likeness (QED) is 0.633. The van der Waals surface area contributed by atoms with E-state index in [1.807, 2.05) is 0 Å². The molecular formula is C11H10BrN5O2. The Hall–Kier alpha value is -2.09. The Morgan fingerprint density at radius 2 is 2.11 bits per heavy atom. The second-order valence-electron chi connectivity index (χ2n) is 3.80. The van der Waals surface area contributed by atoms with Gasteiger partial charge in [-0.25, -0.2) is 0 Å². The van der Waals surface area contributed by atoms with Crippen molar-refractivity contribution in [3.8, 4) is 0 Å². The van der Waals surface area contributed by atoms with E-state index < -0.39 is 4.92 Å². The second kappa shape index (κ2) is 5.70. The van der Waals surface area contributed by atoms with Gasteiger partial charge in [0.15, 0.2) is 0 Å². The SMILES string of the molecule is CN(Cc1cnccn1)c1c(Br)cncc1[N+](=O)[O-]. The lowest BCUT2D eigenvalue weighted by molar-refractivity contribution is -0.384. The third kappa shape index (κ3) is 3.02. The molecule has 0 spiro atoms. The maximum Gasteiger partial charge on any atom is 0.311 e. The molecule has 0 aliphatic rings. The van der Waals surface area contributed by atoms with E-state index in [0.29, 0.717) is 16.7 Å². The van der Waals surface area contributed by atoms with Crippen molar-refractivity contribution < 1.29 is 4.92 Å². The van der Waals surface area contributed by atoms with E-state index in [0.717, 1.165) is 5.69 Å². The lowest BCUT2D eigenvalue weighted by Gasteiger charge is -2.19. The molecule has 0 fully saturated rings. The summed E-state index contributed by atoms with van der Waals surface area (Å²) in [5.74, 6) is 0. The zero-order valence-corrected chi connectivity index (χ0v) is 11.6. The summed E-state index contributed by atoms with van der Waals surface area (Å²) in [6.07, 6.45) is 7.54. The van der Waals surface area contributed by atoms with Gasteiger partial charge in [-0.05, 0) is 15.9 Å². The molecule has 8 heteroatoms. The van der Waals surface area contributed by atoms with Gasteiger partial charge in [-0.1, -0.05) is 0 Å². The predicted octanol–water partition coefficient (Wildman–Crippen LogP) is 2.18. The van der Waals surface area contributed by atoms with Gasteiger partial charge < -0.3 is 4.90 Å². The maximum absolute atomic E-state index is 11.0. The van der Waals surface area contributed by atoms with Crippen molar-refractivity contribution in [2.45, 2.75) is 6.54 Å². The fourth-order valence-electron chi connectivity index (χ4n) is 1.66. The summed E-state index contributed by atoms with van der Waals surface area (Å²) in [6, 6.07) is 0. The summed E-state index contributed by atoms with van der Waals surface area (Å²) in [4.78, 5) is 24.2. The Kier molecular flexibility index (Phi) is 4.00. The molecule has 0 radical (unpaired) electrons. The van der Waals surface area contributed by atoms with E-state index in [-0.39, 0.29) is 5.69 Å². The number of hydrogen-bond acceptors (Lipinski definition) is 6. The number of pyridine rings is 1. The highest BCUT2D eigenvalue weighted by molar-refractivity contribution is 9.10. The van der Waals surface area contributed by atoms with Gasteiger partial charge in [0.25, 0.3) is 0 Å². The average Bonchev–Trinajstić information content (AvgIpc) is 2.39. The van der Waals surface area contributed by atoms with Gasteiger partial charge in [0.05, 0.1) is 27.8 Å². The molecular weight excluding hydrogens is 314 g/mol. The number of aromatic nitrogens is 3. The van der Waals surface area contributed by atoms with E-state index in [4.69, 9.17) is 0 Å². The maximum atomic E-state index is 11.0. The van der Waals surface area contributed by atoms with Gasteiger partial charge in [0, 0.05) is 25.6 Å². The fraction of sp³-hybridized carbons (Fsp3) is 0.182. The lowest BCUT2D eigenvalue weighted by Crippen LogP contribution is -2.19. The molecule has 0 aliphatic carbocycles. The summed E-state index contributed by atoms with van der Waals surface area (Å²) >= 11 is 3.28. The second-order valence-corrected chi connectivity index (χ2v) is 4.65. The highest BCUT2D eigenvalue weighted by Crippen LogP contribution is 2.34. The molecule has 0 unspecified atom stereocenters. The smallest absolute Gasteiger partial charge is 0.311 e. The van der Waals surface area contributed by atoms with Crippen LogP contribution in [-0.2, 0) is 6.54 Å². The molecule has 2 heterocycles. The largest absolute Gasteiger partial charge is 0.362 e. The first-order valence-corrected chi connectivity index (χ1v) is 6.13. The van der Waals surface area contributed by atoms with Gasteiger partial charge >= 0.3 is 5.69 Å². The average molecular weight is 324 g/mol. The first-order chi connectivity index (χ1) is 9.09. The topological polar surface area (TPSA) is 85.0 Å². The van der Waals surface area contributed by atoms with Crippen molar-refractivity contribution in [3.63, 3.8) is 0 Å². The summed E-state index contributed by atoms with van der Waals surface area (Å²) < 4.78 is 0.563. The first kappa shape index (κ1) is 13.3. The number of anilines is 1. The monoisotopic (exact) mass is 323 g/mol. The number of hydrogen-bond donors (Lipinski definition) is 0. The Bertz CT molecular complexity index is 593. The molecule has 19 heavy (non-hydrogen) atoms. The van der Waals surface area contributed by atoms with Crippen molar-refractivity contribution in [2.24, 2.45) is 0 Å². The number of rotatable bonds is 4. The number of nitro groups is 1. The van der Waals surface area contributed by atoms with Crippen molar-refractivity contribution in [2.75, 3.05) is 11.9 Å². The summed E-state index contributed by atoms with van der Waals surface area (Å²) in [7, 11) is 1.75. The van der Waals surface area contributed by atoms with E-state index in [1.165, 1.54) is 12.4 Å². The van der Waals surface area contributed by atoms with Crippen LogP contribution in [0.5, 0.6) is 0 Å². The van der Waals surface area contributed by atoms with Crippen LogP contribution in [0.2, 0.25) is 0 Å². The lowest BCUT2D eigenvalue weighted by atomic mass is 10.3. The van der Waals surface area contributed by atoms with E-state index in [2.05, 4.69) is 30.9 Å². The molecule has 2 rings (SSSR count). The molecule has 2 aromatic rings. The van der Waals surface area contributed by atoms with Crippen LogP contribution < -0.4 is 4.90 Å². The van der Waals surface area contributed by atoms with Crippen LogP contribution in [0.4, 0.5) is 11.4 Å². The third-order valence-electron chi connectivity index (χ3n) is 2.45. The van der Waals surface area contributed by atoms with Crippen LogP contribution in [0.3, 0.4) is 0 Å². The first-order valence-electron chi connectivity index (χ1n) is 5.33.